The van der Waals surface area contributed by atoms with E-state index in [1.54, 1.807) is 11.1 Å². The second-order valence-electron chi connectivity index (χ2n) is 3.86. The van der Waals surface area contributed by atoms with Crippen molar-refractivity contribution in [3.63, 3.8) is 0 Å². The van der Waals surface area contributed by atoms with Crippen molar-refractivity contribution < 1.29 is 14.3 Å². The summed E-state index contributed by atoms with van der Waals surface area (Å²) in [6.45, 7) is 1.99. The molecule has 0 aromatic carbocycles. The van der Waals surface area contributed by atoms with E-state index in [0.717, 1.165) is 12.8 Å². The molecule has 0 bridgehead atoms. The van der Waals surface area contributed by atoms with Crippen LogP contribution in [0.4, 0.5) is 0 Å². The van der Waals surface area contributed by atoms with Crippen LogP contribution in [-0.4, -0.2) is 28.9 Å². The minimum Gasteiger partial charge on any atom is -0.355 e. The molecule has 0 aromatic rings. The summed E-state index contributed by atoms with van der Waals surface area (Å²) < 4.78 is 6.21. The molecule has 15 heavy (non-hydrogen) atoms. The molecule has 2 atom stereocenters. The topological polar surface area (TPSA) is 46.6 Å². The average molecular weight is 321 g/mol. The number of amides is 1. The first-order valence-electron chi connectivity index (χ1n) is 4.95. The lowest BCUT2D eigenvalue weighted by Crippen LogP contribution is -2.40. The highest BCUT2D eigenvalue weighted by Crippen LogP contribution is 2.27. The van der Waals surface area contributed by atoms with Crippen molar-refractivity contribution in [2.24, 2.45) is 0 Å². The number of rotatable bonds is 1. The Morgan fingerprint density at radius 1 is 1.47 bits per heavy atom. The first-order valence-corrected chi connectivity index (χ1v) is 6.03. The van der Waals surface area contributed by atoms with Crippen molar-refractivity contribution in [3.8, 4) is 0 Å². The van der Waals surface area contributed by atoms with Crippen LogP contribution in [0.1, 0.15) is 26.2 Å². The monoisotopic (exact) mass is 321 g/mol. The SMILES string of the molecule is C[C@@H]1CC[C@H](N2C=C(I)C(=O)CC2=O)O1. The second-order valence-corrected chi connectivity index (χ2v) is 5.02. The number of nitrogens with zero attached hydrogens (tertiary/aromatic N) is 1. The number of carbonyl (C=O) groups excluding carboxylic acids is 2. The van der Waals surface area contributed by atoms with E-state index in [9.17, 15) is 9.59 Å². The van der Waals surface area contributed by atoms with Crippen LogP contribution in [0.5, 0.6) is 0 Å². The maximum Gasteiger partial charge on any atom is 0.236 e. The van der Waals surface area contributed by atoms with Crippen molar-refractivity contribution in [1.29, 1.82) is 0 Å². The number of ketones is 1. The Morgan fingerprint density at radius 2 is 2.20 bits per heavy atom. The lowest BCUT2D eigenvalue weighted by atomic mass is 10.1. The molecular formula is C10H12INO3. The van der Waals surface area contributed by atoms with Crippen LogP contribution >= 0.6 is 22.6 Å². The number of halogens is 1. The Balaban J connectivity index is 2.15. The van der Waals surface area contributed by atoms with Gasteiger partial charge in [-0.3, -0.25) is 14.5 Å². The van der Waals surface area contributed by atoms with Crippen LogP contribution < -0.4 is 0 Å². The molecule has 5 heteroatoms. The summed E-state index contributed by atoms with van der Waals surface area (Å²) in [5, 5.41) is 0. The number of ether oxygens (including phenoxy) is 1. The number of allylic oxidation sites excluding steroid dienone is 1. The molecule has 1 saturated heterocycles. The quantitative estimate of drug-likeness (QED) is 0.544. The summed E-state index contributed by atoms with van der Waals surface area (Å²) in [5.41, 5.74) is 0. The number of hydrogen-bond acceptors (Lipinski definition) is 3. The largest absolute Gasteiger partial charge is 0.355 e. The summed E-state index contributed by atoms with van der Waals surface area (Å²) in [4.78, 5) is 24.4. The van der Waals surface area contributed by atoms with Gasteiger partial charge in [-0.25, -0.2) is 0 Å². The third kappa shape index (κ3) is 2.23. The summed E-state index contributed by atoms with van der Waals surface area (Å²) in [7, 11) is 0. The standard InChI is InChI=1S/C10H12INO3/c1-6-2-3-10(15-6)12-5-7(11)8(13)4-9(12)14/h5-6,10H,2-4H2,1H3/t6-,10-/m1/s1. The summed E-state index contributed by atoms with van der Waals surface area (Å²) in [6, 6.07) is 0. The number of hydrogen-bond donors (Lipinski definition) is 0. The third-order valence-electron chi connectivity index (χ3n) is 2.64. The van der Waals surface area contributed by atoms with Gasteiger partial charge in [0, 0.05) is 6.20 Å². The molecule has 0 N–H and O–H groups in total. The minimum atomic E-state index is -0.176. The smallest absolute Gasteiger partial charge is 0.236 e. The van der Waals surface area contributed by atoms with Gasteiger partial charge < -0.3 is 4.74 Å². The predicted molar refractivity (Wildman–Crippen MR) is 62.1 cm³/mol. The molecule has 4 nitrogen and oxygen atoms in total. The van der Waals surface area contributed by atoms with Crippen molar-refractivity contribution in [2.45, 2.75) is 38.5 Å². The van der Waals surface area contributed by atoms with Gasteiger partial charge in [0.2, 0.25) is 5.91 Å². The fourth-order valence-corrected chi connectivity index (χ4v) is 2.30. The lowest BCUT2D eigenvalue weighted by molar-refractivity contribution is -0.142. The van der Waals surface area contributed by atoms with Gasteiger partial charge in [0.05, 0.1) is 16.1 Å². The Hall–Kier alpha value is -0.430. The molecule has 1 amide bonds. The van der Waals surface area contributed by atoms with Crippen molar-refractivity contribution in [1.82, 2.24) is 4.90 Å². The van der Waals surface area contributed by atoms with Crippen molar-refractivity contribution in [3.05, 3.63) is 9.78 Å². The maximum absolute atomic E-state index is 11.6. The molecule has 2 rings (SSSR count). The number of Topliss-reactive ketones (excluding diaryl/α,β-unsaturated/α-hetero) is 1. The van der Waals surface area contributed by atoms with E-state index >= 15 is 0 Å². The van der Waals surface area contributed by atoms with Gasteiger partial charge in [0.1, 0.15) is 6.23 Å². The molecule has 0 radical (unpaired) electrons. The molecule has 1 fully saturated rings. The highest BCUT2D eigenvalue weighted by atomic mass is 127. The first kappa shape index (κ1) is 11.1. The van der Waals surface area contributed by atoms with Crippen molar-refractivity contribution >= 4 is 34.3 Å². The molecule has 2 aliphatic rings. The van der Waals surface area contributed by atoms with Crippen LogP contribution in [0.3, 0.4) is 0 Å². The first-order chi connectivity index (χ1) is 7.08. The maximum atomic E-state index is 11.6. The van der Waals surface area contributed by atoms with E-state index in [1.807, 2.05) is 29.5 Å². The zero-order chi connectivity index (χ0) is 11.0. The normalized spacial score (nSPS) is 32.1. The molecule has 0 unspecified atom stereocenters. The van der Waals surface area contributed by atoms with E-state index in [-0.39, 0.29) is 30.4 Å². The van der Waals surface area contributed by atoms with Crippen LogP contribution in [0, 0.1) is 0 Å². The van der Waals surface area contributed by atoms with Gasteiger partial charge in [-0.1, -0.05) is 0 Å². The van der Waals surface area contributed by atoms with E-state index in [2.05, 4.69) is 0 Å². The average Bonchev–Trinajstić information content (AvgIpc) is 2.58. The summed E-state index contributed by atoms with van der Waals surface area (Å²) in [5.74, 6) is -0.248. The highest BCUT2D eigenvalue weighted by Gasteiger charge is 2.33. The molecule has 0 spiro atoms. The molecule has 0 aromatic heterocycles. The van der Waals surface area contributed by atoms with Crippen LogP contribution in [0.2, 0.25) is 0 Å². The fourth-order valence-electron chi connectivity index (χ4n) is 1.81. The molecular weight excluding hydrogens is 309 g/mol. The second kappa shape index (κ2) is 4.21. The zero-order valence-corrected chi connectivity index (χ0v) is 10.6. The van der Waals surface area contributed by atoms with Crippen LogP contribution in [0.25, 0.3) is 0 Å². The van der Waals surface area contributed by atoms with Gasteiger partial charge in [0.15, 0.2) is 5.78 Å². The van der Waals surface area contributed by atoms with E-state index in [0.29, 0.717) is 3.58 Å². The fraction of sp³-hybridized carbons (Fsp3) is 0.600. The molecule has 2 heterocycles. The Kier molecular flexibility index (Phi) is 3.11. The molecule has 82 valence electrons. The van der Waals surface area contributed by atoms with Crippen molar-refractivity contribution in [2.75, 3.05) is 0 Å². The Morgan fingerprint density at radius 3 is 2.80 bits per heavy atom. The Bertz CT molecular complexity index is 340. The molecule has 0 saturated carbocycles. The van der Waals surface area contributed by atoms with E-state index in [1.165, 1.54) is 0 Å². The van der Waals surface area contributed by atoms with Crippen LogP contribution in [0.15, 0.2) is 9.78 Å². The summed E-state index contributed by atoms with van der Waals surface area (Å²) >= 11 is 1.96. The van der Waals surface area contributed by atoms with E-state index < -0.39 is 0 Å². The van der Waals surface area contributed by atoms with E-state index in [4.69, 9.17) is 4.74 Å². The lowest BCUT2D eigenvalue weighted by Gasteiger charge is -2.28. The Labute approximate surface area is 102 Å². The van der Waals surface area contributed by atoms with Gasteiger partial charge in [0.25, 0.3) is 0 Å². The van der Waals surface area contributed by atoms with Gasteiger partial charge in [-0.15, -0.1) is 0 Å². The summed E-state index contributed by atoms with van der Waals surface area (Å²) in [6.07, 6.45) is 3.42. The van der Waals surface area contributed by atoms with Crippen LogP contribution in [-0.2, 0) is 14.3 Å². The third-order valence-corrected chi connectivity index (χ3v) is 3.52. The zero-order valence-electron chi connectivity index (χ0n) is 8.40. The van der Waals surface area contributed by atoms with Gasteiger partial charge >= 0.3 is 0 Å². The van der Waals surface area contributed by atoms with Gasteiger partial charge in [-0.05, 0) is 42.4 Å². The predicted octanol–water partition coefficient (Wildman–Crippen LogP) is 1.59. The molecule has 0 aliphatic carbocycles. The highest BCUT2D eigenvalue weighted by molar-refractivity contribution is 14.1. The molecule has 2 aliphatic heterocycles. The minimum absolute atomic E-state index is 0.0248. The number of carbonyl (C=O) groups is 2. The van der Waals surface area contributed by atoms with Gasteiger partial charge in [-0.2, -0.15) is 0 Å².